The molecule has 2 unspecified atom stereocenters. The van der Waals surface area contributed by atoms with Crippen LogP contribution in [0.2, 0.25) is 0 Å². The first-order chi connectivity index (χ1) is 14.7. The molecule has 0 spiro atoms. The topological polar surface area (TPSA) is 64.6 Å². The first kappa shape index (κ1) is 22.7. The number of likely N-dealkylation sites (tertiary alicyclic amines) is 1. The van der Waals surface area contributed by atoms with E-state index in [-0.39, 0.29) is 12.2 Å². The Labute approximate surface area is 180 Å². The summed E-state index contributed by atoms with van der Waals surface area (Å²) in [7, 11) is 3.49. The van der Waals surface area contributed by atoms with Crippen LogP contribution < -0.4 is 14.8 Å². The van der Waals surface area contributed by atoms with Crippen molar-refractivity contribution in [1.82, 2.24) is 10.2 Å². The highest BCUT2D eigenvalue weighted by molar-refractivity contribution is 5.80. The summed E-state index contributed by atoms with van der Waals surface area (Å²) in [5, 5.41) is 3.44. The van der Waals surface area contributed by atoms with Gasteiger partial charge in [-0.25, -0.2) is 0 Å². The predicted molar refractivity (Wildman–Crippen MR) is 119 cm³/mol. The van der Waals surface area contributed by atoms with Crippen molar-refractivity contribution in [2.75, 3.05) is 47.0 Å². The minimum absolute atomic E-state index is 0.0191. The van der Waals surface area contributed by atoms with Gasteiger partial charge in [0.1, 0.15) is 6.10 Å². The fourth-order valence-corrected chi connectivity index (χ4v) is 3.96. The molecular weight excluding hydrogens is 382 g/mol. The molecule has 7 heteroatoms. The number of guanidine groups is 1. The van der Waals surface area contributed by atoms with Crippen LogP contribution in [-0.2, 0) is 9.47 Å². The minimum Gasteiger partial charge on any atom is -0.493 e. The Balaban J connectivity index is 1.38. The van der Waals surface area contributed by atoms with Crippen molar-refractivity contribution in [3.63, 3.8) is 0 Å². The summed E-state index contributed by atoms with van der Waals surface area (Å²) < 4.78 is 23.3. The third-order valence-electron chi connectivity index (χ3n) is 5.69. The van der Waals surface area contributed by atoms with Crippen LogP contribution in [0.5, 0.6) is 11.5 Å². The van der Waals surface area contributed by atoms with Crippen LogP contribution in [0.25, 0.3) is 0 Å². The van der Waals surface area contributed by atoms with E-state index in [1.807, 2.05) is 38.2 Å². The summed E-state index contributed by atoms with van der Waals surface area (Å²) in [4.78, 5) is 6.76. The predicted octanol–water partition coefficient (Wildman–Crippen LogP) is 3.09. The Kier molecular flexibility index (Phi) is 9.08. The van der Waals surface area contributed by atoms with E-state index >= 15 is 0 Å². The van der Waals surface area contributed by atoms with Crippen LogP contribution in [0.3, 0.4) is 0 Å². The van der Waals surface area contributed by atoms with E-state index in [4.69, 9.17) is 18.9 Å². The second kappa shape index (κ2) is 12.0. The number of para-hydroxylation sites is 2. The van der Waals surface area contributed by atoms with Crippen molar-refractivity contribution in [2.24, 2.45) is 4.99 Å². The Morgan fingerprint density at radius 3 is 2.63 bits per heavy atom. The van der Waals surface area contributed by atoms with Crippen LogP contribution in [0, 0.1) is 0 Å². The lowest BCUT2D eigenvalue weighted by atomic mass is 10.1. The monoisotopic (exact) mass is 419 g/mol. The lowest BCUT2D eigenvalue weighted by molar-refractivity contribution is -0.0721. The zero-order valence-corrected chi connectivity index (χ0v) is 18.6. The summed E-state index contributed by atoms with van der Waals surface area (Å²) in [5.41, 5.74) is 0. The number of hydrogen-bond donors (Lipinski definition) is 1. The van der Waals surface area contributed by atoms with Crippen LogP contribution in [-0.4, -0.2) is 76.2 Å². The number of rotatable bonds is 8. The first-order valence-corrected chi connectivity index (χ1v) is 11.2. The summed E-state index contributed by atoms with van der Waals surface area (Å²) in [6.07, 6.45) is 6.19. The Hall–Kier alpha value is -1.99. The van der Waals surface area contributed by atoms with Gasteiger partial charge in [0.25, 0.3) is 0 Å². The highest BCUT2D eigenvalue weighted by atomic mass is 16.5. The average molecular weight is 420 g/mol. The molecule has 2 fully saturated rings. The number of ether oxygens (including phenoxy) is 4. The zero-order chi connectivity index (χ0) is 21.2. The molecular formula is C23H37N3O4. The molecule has 2 heterocycles. The van der Waals surface area contributed by atoms with Crippen molar-refractivity contribution in [3.05, 3.63) is 24.3 Å². The molecule has 0 radical (unpaired) electrons. The molecule has 2 aliphatic rings. The fourth-order valence-electron chi connectivity index (χ4n) is 3.96. The van der Waals surface area contributed by atoms with Crippen molar-refractivity contribution >= 4 is 5.96 Å². The number of methoxy groups -OCH3 is 1. The number of nitrogens with one attached hydrogen (secondary N) is 1. The van der Waals surface area contributed by atoms with E-state index in [0.29, 0.717) is 12.6 Å². The van der Waals surface area contributed by atoms with E-state index in [9.17, 15) is 0 Å². The average Bonchev–Trinajstić information content (AvgIpc) is 2.80. The van der Waals surface area contributed by atoms with Gasteiger partial charge < -0.3 is 29.2 Å². The number of benzene rings is 1. The minimum atomic E-state index is -0.0191. The van der Waals surface area contributed by atoms with E-state index in [1.54, 1.807) is 7.11 Å². The molecule has 30 heavy (non-hydrogen) atoms. The molecule has 2 aliphatic heterocycles. The number of aliphatic imine (C=N–C) groups is 1. The van der Waals surface area contributed by atoms with Gasteiger partial charge in [0.15, 0.2) is 17.5 Å². The molecule has 2 atom stereocenters. The van der Waals surface area contributed by atoms with Crippen molar-refractivity contribution < 1.29 is 18.9 Å². The Bertz CT molecular complexity index is 656. The molecule has 0 aliphatic carbocycles. The zero-order valence-electron chi connectivity index (χ0n) is 18.6. The van der Waals surface area contributed by atoms with Crippen LogP contribution in [0.4, 0.5) is 0 Å². The van der Waals surface area contributed by atoms with E-state index in [0.717, 1.165) is 63.0 Å². The lowest BCUT2D eigenvalue weighted by Gasteiger charge is -2.35. The Morgan fingerprint density at radius 1 is 1.20 bits per heavy atom. The molecule has 1 aromatic rings. The summed E-state index contributed by atoms with van der Waals surface area (Å²) in [6, 6.07) is 7.71. The maximum absolute atomic E-state index is 6.13. The van der Waals surface area contributed by atoms with Crippen molar-refractivity contribution in [2.45, 2.75) is 57.3 Å². The van der Waals surface area contributed by atoms with Gasteiger partial charge in [-0.05, 0) is 51.2 Å². The van der Waals surface area contributed by atoms with Crippen molar-refractivity contribution in [1.29, 1.82) is 0 Å². The number of piperidine rings is 1. The van der Waals surface area contributed by atoms with Gasteiger partial charge in [0.2, 0.25) is 0 Å². The molecule has 0 saturated carbocycles. The molecule has 168 valence electrons. The maximum atomic E-state index is 6.13. The molecule has 3 rings (SSSR count). The van der Waals surface area contributed by atoms with Gasteiger partial charge in [-0.15, -0.1) is 0 Å². The van der Waals surface area contributed by atoms with Crippen LogP contribution in [0.15, 0.2) is 29.3 Å². The molecule has 2 saturated heterocycles. The molecule has 0 amide bonds. The van der Waals surface area contributed by atoms with E-state index in [1.165, 1.54) is 12.8 Å². The summed E-state index contributed by atoms with van der Waals surface area (Å²) >= 11 is 0. The largest absolute Gasteiger partial charge is 0.493 e. The van der Waals surface area contributed by atoms with Gasteiger partial charge in [-0.1, -0.05) is 12.1 Å². The summed E-state index contributed by atoms with van der Waals surface area (Å²) in [5.74, 6) is 2.41. The third-order valence-corrected chi connectivity index (χ3v) is 5.69. The standard InChI is InChI=1S/C23H37N3O4/c1-18(30-22-10-5-4-9-21(22)27-3)16-25-23(24-2)26-13-11-19(12-14-26)29-17-20-8-6-7-15-28-20/h4-5,9-10,18-20H,6-8,11-17H2,1-3H3,(H,24,25). The highest BCUT2D eigenvalue weighted by Crippen LogP contribution is 2.26. The van der Waals surface area contributed by atoms with Gasteiger partial charge >= 0.3 is 0 Å². The normalized spacial score (nSPS) is 21.9. The first-order valence-electron chi connectivity index (χ1n) is 11.2. The quantitative estimate of drug-likeness (QED) is 0.516. The van der Waals surface area contributed by atoms with E-state index in [2.05, 4.69) is 15.2 Å². The number of nitrogens with zero attached hydrogens (tertiary/aromatic N) is 2. The smallest absolute Gasteiger partial charge is 0.193 e. The number of hydrogen-bond acceptors (Lipinski definition) is 5. The third kappa shape index (κ3) is 6.77. The van der Waals surface area contributed by atoms with Crippen LogP contribution in [0.1, 0.15) is 39.0 Å². The second-order valence-corrected chi connectivity index (χ2v) is 8.02. The molecule has 1 N–H and O–H groups in total. The van der Waals surface area contributed by atoms with Gasteiger partial charge in [0.05, 0.1) is 32.5 Å². The fraction of sp³-hybridized carbons (Fsp3) is 0.696. The van der Waals surface area contributed by atoms with Gasteiger partial charge in [0, 0.05) is 26.7 Å². The van der Waals surface area contributed by atoms with Crippen molar-refractivity contribution in [3.8, 4) is 11.5 Å². The Morgan fingerprint density at radius 2 is 1.97 bits per heavy atom. The highest BCUT2D eigenvalue weighted by Gasteiger charge is 2.24. The SMILES string of the molecule is CN=C(NCC(C)Oc1ccccc1OC)N1CCC(OCC2CCCCO2)CC1. The van der Waals surface area contributed by atoms with Crippen LogP contribution >= 0.6 is 0 Å². The molecule has 0 aromatic heterocycles. The molecule has 7 nitrogen and oxygen atoms in total. The maximum Gasteiger partial charge on any atom is 0.193 e. The second-order valence-electron chi connectivity index (χ2n) is 8.02. The summed E-state index contributed by atoms with van der Waals surface area (Å²) in [6.45, 7) is 6.21. The van der Waals surface area contributed by atoms with Gasteiger partial charge in [-0.3, -0.25) is 4.99 Å². The lowest BCUT2D eigenvalue weighted by Crippen LogP contribution is -2.49. The molecule has 1 aromatic carbocycles. The van der Waals surface area contributed by atoms with Gasteiger partial charge in [-0.2, -0.15) is 0 Å². The molecule has 0 bridgehead atoms. The van der Waals surface area contributed by atoms with E-state index < -0.39 is 0 Å².